The van der Waals surface area contributed by atoms with E-state index in [1.807, 2.05) is 66.9 Å². The van der Waals surface area contributed by atoms with E-state index in [4.69, 9.17) is 14.4 Å². The molecule has 0 fully saturated rings. The molecule has 11 aromatic rings. The summed E-state index contributed by atoms with van der Waals surface area (Å²) in [6.45, 7) is 0. The van der Waals surface area contributed by atoms with E-state index >= 15 is 0 Å². The van der Waals surface area contributed by atoms with Crippen LogP contribution in [0.1, 0.15) is 16.7 Å². The van der Waals surface area contributed by atoms with Crippen molar-refractivity contribution in [1.29, 1.82) is 5.41 Å². The molecule has 0 aliphatic carbocycles. The Labute approximate surface area is 358 Å². The number of hydrogen-bond donors (Lipinski definition) is 1. The van der Waals surface area contributed by atoms with Gasteiger partial charge in [-0.05, 0) is 76.9 Å². The molecular formula is C57H38N4O. The van der Waals surface area contributed by atoms with Crippen molar-refractivity contribution in [2.24, 2.45) is 9.98 Å². The average molecular weight is 795 g/mol. The van der Waals surface area contributed by atoms with Crippen molar-refractivity contribution >= 4 is 61.6 Å². The van der Waals surface area contributed by atoms with Gasteiger partial charge in [-0.2, -0.15) is 0 Å². The predicted octanol–water partition coefficient (Wildman–Crippen LogP) is 14.6. The molecule has 5 nitrogen and oxygen atoms in total. The molecule has 0 saturated carbocycles. The van der Waals surface area contributed by atoms with Crippen molar-refractivity contribution in [1.82, 2.24) is 4.57 Å². The Morgan fingerprint density at radius 3 is 1.76 bits per heavy atom. The third kappa shape index (κ3) is 6.59. The van der Waals surface area contributed by atoms with Gasteiger partial charge in [-0.1, -0.05) is 164 Å². The summed E-state index contributed by atoms with van der Waals surface area (Å²) in [6.07, 6.45) is 1.87. The zero-order valence-corrected chi connectivity index (χ0v) is 33.6. The number of fused-ring (bicyclic) bond motifs is 6. The highest BCUT2D eigenvalue weighted by Gasteiger charge is 2.21. The largest absolute Gasteiger partial charge is 0.455 e. The quantitative estimate of drug-likeness (QED) is 0.127. The van der Waals surface area contributed by atoms with Crippen molar-refractivity contribution in [3.05, 3.63) is 235 Å². The van der Waals surface area contributed by atoms with E-state index in [-0.39, 0.29) is 5.84 Å². The van der Waals surface area contributed by atoms with E-state index < -0.39 is 0 Å². The number of para-hydroxylation sites is 2. The second-order valence-electron chi connectivity index (χ2n) is 15.3. The number of aromatic nitrogens is 1. The van der Waals surface area contributed by atoms with Crippen molar-refractivity contribution in [3.8, 4) is 39.1 Å². The molecule has 0 aliphatic rings. The lowest BCUT2D eigenvalue weighted by Crippen LogP contribution is -2.05. The first-order chi connectivity index (χ1) is 30.7. The van der Waals surface area contributed by atoms with E-state index in [1.54, 1.807) is 0 Å². The number of nitrogens with one attached hydrogen (secondary N) is 1. The predicted molar refractivity (Wildman–Crippen MR) is 258 cm³/mol. The summed E-state index contributed by atoms with van der Waals surface area (Å²) >= 11 is 0. The molecule has 0 unspecified atom stereocenters. The summed E-state index contributed by atoms with van der Waals surface area (Å²) in [4.78, 5) is 10.1. The highest BCUT2D eigenvalue weighted by Crippen LogP contribution is 2.43. The molecule has 0 atom stereocenters. The van der Waals surface area contributed by atoms with Crippen molar-refractivity contribution in [2.75, 3.05) is 0 Å². The molecule has 292 valence electrons. The monoisotopic (exact) mass is 794 g/mol. The first-order valence-electron chi connectivity index (χ1n) is 20.7. The van der Waals surface area contributed by atoms with Crippen LogP contribution in [-0.4, -0.2) is 22.5 Å². The summed E-state index contributed by atoms with van der Waals surface area (Å²) < 4.78 is 9.31. The lowest BCUT2D eigenvalue weighted by atomic mass is 9.94. The molecule has 62 heavy (non-hydrogen) atoms. The summed E-state index contributed by atoms with van der Waals surface area (Å²) in [5, 5.41) is 13.5. The molecule has 0 aliphatic heterocycles. The van der Waals surface area contributed by atoms with Gasteiger partial charge >= 0.3 is 0 Å². The third-order valence-electron chi connectivity index (χ3n) is 11.6. The van der Waals surface area contributed by atoms with Crippen LogP contribution in [0.5, 0.6) is 0 Å². The van der Waals surface area contributed by atoms with Gasteiger partial charge in [0.25, 0.3) is 0 Å². The van der Waals surface area contributed by atoms with Crippen molar-refractivity contribution < 1.29 is 4.42 Å². The highest BCUT2D eigenvalue weighted by atomic mass is 16.3. The lowest BCUT2D eigenvalue weighted by Gasteiger charge is -2.09. The van der Waals surface area contributed by atoms with Crippen LogP contribution in [0.2, 0.25) is 0 Å². The maximum atomic E-state index is 9.41. The molecule has 9 aromatic carbocycles. The molecule has 1 N–H and O–H groups in total. The minimum absolute atomic E-state index is 0.123. The molecule has 5 heteroatoms. The standard InChI is InChI=1S/C57H38N4O/c58-56(42-31-33-52-49(34-42)47-28-16-17-29-51(47)61(52)45-26-14-5-15-27-45)60-57(41-24-12-4-13-25-41)59-37-43-30-32-46(39-20-8-2-9-21-39)55-53(43)50-36-44(38-18-6-1-7-19-38)35-48(54(50)62-55)40-22-10-3-11-23-40/h1-37,58H. The smallest absolute Gasteiger partial charge is 0.161 e. The van der Waals surface area contributed by atoms with E-state index in [2.05, 4.69) is 162 Å². The normalized spacial score (nSPS) is 12.0. The maximum absolute atomic E-state index is 9.41. The zero-order valence-electron chi connectivity index (χ0n) is 33.6. The van der Waals surface area contributed by atoms with Gasteiger partial charge in [-0.15, -0.1) is 0 Å². The molecule has 0 saturated heterocycles. The number of nitrogens with zero attached hydrogens (tertiary/aromatic N) is 3. The third-order valence-corrected chi connectivity index (χ3v) is 11.6. The highest BCUT2D eigenvalue weighted by molar-refractivity contribution is 6.22. The number of aliphatic imine (C=N–C) groups is 2. The van der Waals surface area contributed by atoms with Gasteiger partial charge in [0.15, 0.2) is 11.7 Å². The Balaban J connectivity index is 1.08. The fraction of sp³-hybridized carbons (Fsp3) is 0. The van der Waals surface area contributed by atoms with E-state index in [9.17, 15) is 5.41 Å². The first kappa shape index (κ1) is 36.7. The second-order valence-corrected chi connectivity index (χ2v) is 15.3. The van der Waals surface area contributed by atoms with Gasteiger partial charge in [-0.3, -0.25) is 5.41 Å². The van der Waals surface area contributed by atoms with Crippen molar-refractivity contribution in [3.63, 3.8) is 0 Å². The number of hydrogen-bond acceptors (Lipinski definition) is 2. The fourth-order valence-electron chi connectivity index (χ4n) is 8.62. The van der Waals surface area contributed by atoms with Crippen LogP contribution in [0.15, 0.2) is 233 Å². The average Bonchev–Trinajstić information content (AvgIpc) is 3.90. The van der Waals surface area contributed by atoms with Crippen LogP contribution in [0.3, 0.4) is 0 Å². The van der Waals surface area contributed by atoms with E-state index in [0.29, 0.717) is 11.4 Å². The van der Waals surface area contributed by atoms with Crippen LogP contribution in [0.25, 0.3) is 82.8 Å². The van der Waals surface area contributed by atoms with Crippen LogP contribution in [0, 0.1) is 5.41 Å². The van der Waals surface area contributed by atoms with Gasteiger partial charge in [0, 0.05) is 61.3 Å². The van der Waals surface area contributed by atoms with Gasteiger partial charge in [0.05, 0.1) is 11.0 Å². The van der Waals surface area contributed by atoms with Gasteiger partial charge < -0.3 is 8.98 Å². The zero-order chi connectivity index (χ0) is 41.4. The Bertz CT molecular complexity index is 3500. The molecule has 0 amide bonds. The van der Waals surface area contributed by atoms with Crippen molar-refractivity contribution in [2.45, 2.75) is 0 Å². The second kappa shape index (κ2) is 15.6. The maximum Gasteiger partial charge on any atom is 0.161 e. The summed E-state index contributed by atoms with van der Waals surface area (Å²) in [7, 11) is 0. The number of furan rings is 1. The molecule has 0 radical (unpaired) electrons. The molecule has 0 bridgehead atoms. The fourth-order valence-corrected chi connectivity index (χ4v) is 8.62. The topological polar surface area (TPSA) is 66.6 Å². The minimum Gasteiger partial charge on any atom is -0.455 e. The Kier molecular flexibility index (Phi) is 9.25. The summed E-state index contributed by atoms with van der Waals surface area (Å²) in [5.74, 6) is 0.559. The minimum atomic E-state index is 0.123. The number of amidine groups is 2. The number of benzene rings is 9. The molecule has 11 rings (SSSR count). The molecular weight excluding hydrogens is 757 g/mol. The van der Waals surface area contributed by atoms with Crippen LogP contribution in [0.4, 0.5) is 0 Å². The van der Waals surface area contributed by atoms with Gasteiger partial charge in [-0.25, -0.2) is 9.98 Å². The van der Waals surface area contributed by atoms with Crippen LogP contribution < -0.4 is 0 Å². The van der Waals surface area contributed by atoms with Crippen LogP contribution in [-0.2, 0) is 0 Å². The van der Waals surface area contributed by atoms with E-state index in [1.165, 1.54) is 0 Å². The molecule has 2 heterocycles. The summed E-state index contributed by atoms with van der Waals surface area (Å²) in [5.41, 5.74) is 13.6. The lowest BCUT2D eigenvalue weighted by molar-refractivity contribution is 0.671. The Hall–Kier alpha value is -8.41. The SMILES string of the molecule is N=C(N=C(N=Cc1ccc(-c2ccccc2)c2oc3c(-c4ccccc4)cc(-c4ccccc4)cc3c12)c1ccccc1)c1ccc2c(c1)c1ccccc1n2-c1ccccc1. The number of rotatable bonds is 7. The first-order valence-corrected chi connectivity index (χ1v) is 20.7. The van der Waals surface area contributed by atoms with E-state index in [0.717, 1.165) is 93.9 Å². The molecule has 2 aromatic heterocycles. The van der Waals surface area contributed by atoms with Gasteiger partial charge in [0.2, 0.25) is 0 Å². The van der Waals surface area contributed by atoms with Crippen LogP contribution >= 0.6 is 0 Å². The summed E-state index contributed by atoms with van der Waals surface area (Å²) in [6, 6.07) is 74.8. The van der Waals surface area contributed by atoms with Gasteiger partial charge in [0.1, 0.15) is 11.2 Å². The molecule has 0 spiro atoms. The Morgan fingerprint density at radius 2 is 1.05 bits per heavy atom. The Morgan fingerprint density at radius 1 is 0.452 bits per heavy atom.